The van der Waals surface area contributed by atoms with E-state index in [1.165, 1.54) is 0 Å². The number of nitrogens with two attached hydrogens (primary N) is 1. The van der Waals surface area contributed by atoms with Gasteiger partial charge in [-0.1, -0.05) is 0 Å². The molecule has 0 amide bonds. The number of ketones is 1. The van der Waals surface area contributed by atoms with Gasteiger partial charge in [0.05, 0.1) is 11.5 Å². The summed E-state index contributed by atoms with van der Waals surface area (Å²) in [7, 11) is -3.01. The summed E-state index contributed by atoms with van der Waals surface area (Å²) in [4.78, 5) is 12.1. The first kappa shape index (κ1) is 12.1. The van der Waals surface area contributed by atoms with E-state index in [0.717, 1.165) is 5.56 Å². The molecule has 1 aromatic carbocycles. The van der Waals surface area contributed by atoms with Crippen LogP contribution in [0.3, 0.4) is 0 Å². The van der Waals surface area contributed by atoms with E-state index in [9.17, 15) is 13.2 Å². The lowest BCUT2D eigenvalue weighted by Crippen LogP contribution is -2.16. The quantitative estimate of drug-likeness (QED) is 0.634. The molecule has 0 saturated carbocycles. The highest BCUT2D eigenvalue weighted by atomic mass is 32.2. The molecule has 1 heterocycles. The van der Waals surface area contributed by atoms with E-state index in [2.05, 4.69) is 0 Å². The SMILES string of the molecule is Cc1cc(C(=O)C2CCS(=O)(=O)C2)ccc1N. The second-order valence-electron chi connectivity index (χ2n) is 4.54. The molecule has 0 aromatic heterocycles. The molecule has 4 nitrogen and oxygen atoms in total. The van der Waals surface area contributed by atoms with Crippen molar-refractivity contribution in [2.45, 2.75) is 13.3 Å². The highest BCUT2D eigenvalue weighted by Crippen LogP contribution is 2.24. The maximum Gasteiger partial charge on any atom is 0.167 e. The number of sulfone groups is 1. The first-order valence-corrected chi connectivity index (χ1v) is 7.32. The third-order valence-corrected chi connectivity index (χ3v) is 4.93. The molecule has 0 aliphatic carbocycles. The molecule has 1 atom stereocenters. The van der Waals surface area contributed by atoms with Crippen LogP contribution in [0.1, 0.15) is 22.3 Å². The lowest BCUT2D eigenvalue weighted by molar-refractivity contribution is 0.0933. The Morgan fingerprint density at radius 3 is 2.65 bits per heavy atom. The van der Waals surface area contributed by atoms with Gasteiger partial charge in [0.15, 0.2) is 15.6 Å². The molecule has 92 valence electrons. The van der Waals surface area contributed by atoms with Crippen molar-refractivity contribution in [1.82, 2.24) is 0 Å². The number of aryl methyl sites for hydroxylation is 1. The molecular weight excluding hydrogens is 238 g/mol. The number of benzene rings is 1. The van der Waals surface area contributed by atoms with Crippen LogP contribution in [0.4, 0.5) is 5.69 Å². The summed E-state index contributed by atoms with van der Waals surface area (Å²) < 4.78 is 22.7. The number of hydrogen-bond donors (Lipinski definition) is 1. The summed E-state index contributed by atoms with van der Waals surface area (Å²) in [6, 6.07) is 5.07. The Morgan fingerprint density at radius 1 is 1.41 bits per heavy atom. The Balaban J connectivity index is 2.23. The highest BCUT2D eigenvalue weighted by molar-refractivity contribution is 7.91. The minimum absolute atomic E-state index is 0.0186. The Morgan fingerprint density at radius 2 is 2.12 bits per heavy atom. The van der Waals surface area contributed by atoms with Crippen LogP contribution < -0.4 is 5.73 Å². The number of Topliss-reactive ketones (excluding diaryl/α,β-unsaturated/α-hetero) is 1. The van der Waals surface area contributed by atoms with Crippen molar-refractivity contribution in [2.75, 3.05) is 17.2 Å². The summed E-state index contributed by atoms with van der Waals surface area (Å²) in [6.45, 7) is 1.83. The van der Waals surface area contributed by atoms with E-state index in [1.807, 2.05) is 6.92 Å². The van der Waals surface area contributed by atoms with Crippen molar-refractivity contribution in [3.8, 4) is 0 Å². The maximum atomic E-state index is 12.1. The average Bonchev–Trinajstić information content (AvgIpc) is 2.62. The number of anilines is 1. The van der Waals surface area contributed by atoms with E-state index in [1.54, 1.807) is 18.2 Å². The van der Waals surface area contributed by atoms with Gasteiger partial charge < -0.3 is 5.73 Å². The van der Waals surface area contributed by atoms with Gasteiger partial charge in [-0.25, -0.2) is 8.42 Å². The molecule has 5 heteroatoms. The fourth-order valence-corrected chi connectivity index (χ4v) is 3.81. The second kappa shape index (κ2) is 4.14. The second-order valence-corrected chi connectivity index (χ2v) is 6.76. The molecule has 1 aliphatic heterocycles. The summed E-state index contributed by atoms with van der Waals surface area (Å²) >= 11 is 0. The minimum Gasteiger partial charge on any atom is -0.399 e. The number of hydrogen-bond acceptors (Lipinski definition) is 4. The van der Waals surface area contributed by atoms with Crippen LogP contribution in [0, 0.1) is 12.8 Å². The highest BCUT2D eigenvalue weighted by Gasteiger charge is 2.33. The van der Waals surface area contributed by atoms with Crippen molar-refractivity contribution < 1.29 is 13.2 Å². The molecule has 1 fully saturated rings. The van der Waals surface area contributed by atoms with Crippen LogP contribution in [-0.2, 0) is 9.84 Å². The van der Waals surface area contributed by atoms with Crippen LogP contribution in [0.25, 0.3) is 0 Å². The first-order chi connectivity index (χ1) is 7.89. The Kier molecular flexibility index (Phi) is 2.95. The molecule has 0 spiro atoms. The average molecular weight is 253 g/mol. The number of rotatable bonds is 2. The molecular formula is C12H15NO3S. The minimum atomic E-state index is -3.01. The fourth-order valence-electron chi connectivity index (χ4n) is 2.07. The van der Waals surface area contributed by atoms with E-state index in [-0.39, 0.29) is 23.2 Å². The Hall–Kier alpha value is -1.36. The zero-order valence-electron chi connectivity index (χ0n) is 9.64. The predicted octanol–water partition coefficient (Wildman–Crippen LogP) is 1.19. The Labute approximate surface area is 101 Å². The van der Waals surface area contributed by atoms with Gasteiger partial charge in [-0.3, -0.25) is 4.79 Å². The van der Waals surface area contributed by atoms with Gasteiger partial charge in [-0.05, 0) is 37.1 Å². The molecule has 1 saturated heterocycles. The van der Waals surface area contributed by atoms with Crippen molar-refractivity contribution >= 4 is 21.3 Å². The monoisotopic (exact) mass is 253 g/mol. The fraction of sp³-hybridized carbons (Fsp3) is 0.417. The molecule has 2 rings (SSSR count). The smallest absolute Gasteiger partial charge is 0.167 e. The zero-order chi connectivity index (χ0) is 12.6. The van der Waals surface area contributed by atoms with Crippen LogP contribution in [0.2, 0.25) is 0 Å². The largest absolute Gasteiger partial charge is 0.399 e. The molecule has 2 N–H and O–H groups in total. The summed E-state index contributed by atoms with van der Waals surface area (Å²) in [5.74, 6) is -0.371. The third-order valence-electron chi connectivity index (χ3n) is 3.16. The van der Waals surface area contributed by atoms with Crippen LogP contribution in [0.15, 0.2) is 18.2 Å². The van der Waals surface area contributed by atoms with Crippen LogP contribution >= 0.6 is 0 Å². The number of carbonyl (C=O) groups excluding carboxylic acids is 1. The summed E-state index contributed by atoms with van der Waals surface area (Å²) in [5, 5.41) is 0. The zero-order valence-corrected chi connectivity index (χ0v) is 10.5. The lowest BCUT2D eigenvalue weighted by Gasteiger charge is -2.08. The van der Waals surface area contributed by atoms with E-state index in [0.29, 0.717) is 17.7 Å². The normalized spacial score (nSPS) is 22.5. The molecule has 1 unspecified atom stereocenters. The maximum absolute atomic E-state index is 12.1. The number of nitrogen functional groups attached to an aromatic ring is 1. The lowest BCUT2D eigenvalue weighted by atomic mass is 9.96. The first-order valence-electron chi connectivity index (χ1n) is 5.50. The van der Waals surface area contributed by atoms with E-state index >= 15 is 0 Å². The van der Waals surface area contributed by atoms with E-state index in [4.69, 9.17) is 5.73 Å². The third kappa shape index (κ3) is 2.49. The van der Waals surface area contributed by atoms with Crippen molar-refractivity contribution in [3.05, 3.63) is 29.3 Å². The number of carbonyl (C=O) groups is 1. The van der Waals surface area contributed by atoms with Crippen molar-refractivity contribution in [2.24, 2.45) is 5.92 Å². The van der Waals surface area contributed by atoms with Crippen molar-refractivity contribution in [1.29, 1.82) is 0 Å². The molecule has 0 radical (unpaired) electrons. The summed E-state index contributed by atoms with van der Waals surface area (Å²) in [5.41, 5.74) is 7.72. The molecule has 1 aliphatic rings. The Bertz CT molecular complexity index is 563. The van der Waals surface area contributed by atoms with Gasteiger partial charge in [-0.15, -0.1) is 0 Å². The summed E-state index contributed by atoms with van der Waals surface area (Å²) in [6.07, 6.45) is 0.435. The van der Waals surface area contributed by atoms with Crippen LogP contribution in [0.5, 0.6) is 0 Å². The van der Waals surface area contributed by atoms with Crippen molar-refractivity contribution in [3.63, 3.8) is 0 Å². The van der Waals surface area contributed by atoms with Gasteiger partial charge >= 0.3 is 0 Å². The van der Waals surface area contributed by atoms with Crippen LogP contribution in [-0.4, -0.2) is 25.7 Å². The molecule has 17 heavy (non-hydrogen) atoms. The standard InChI is InChI=1S/C12H15NO3S/c1-8-6-9(2-3-11(8)13)12(14)10-4-5-17(15,16)7-10/h2-3,6,10H,4-5,7,13H2,1H3. The van der Waals surface area contributed by atoms with Gasteiger partial charge in [0.25, 0.3) is 0 Å². The molecule has 0 bridgehead atoms. The van der Waals surface area contributed by atoms with Gasteiger partial charge in [-0.2, -0.15) is 0 Å². The van der Waals surface area contributed by atoms with Gasteiger partial charge in [0.2, 0.25) is 0 Å². The van der Waals surface area contributed by atoms with Gasteiger partial charge in [0, 0.05) is 17.2 Å². The predicted molar refractivity (Wildman–Crippen MR) is 66.7 cm³/mol. The topological polar surface area (TPSA) is 77.2 Å². The van der Waals surface area contributed by atoms with E-state index < -0.39 is 9.84 Å². The molecule has 1 aromatic rings. The van der Waals surface area contributed by atoms with Gasteiger partial charge in [0.1, 0.15) is 0 Å².